The van der Waals surface area contributed by atoms with Crippen molar-refractivity contribution in [3.63, 3.8) is 0 Å². The molecule has 27 heavy (non-hydrogen) atoms. The van der Waals surface area contributed by atoms with Crippen LogP contribution >= 0.6 is 0 Å². The Bertz CT molecular complexity index is 1310. The molecule has 8 heteroatoms. The van der Waals surface area contributed by atoms with E-state index in [0.29, 0.717) is 17.5 Å². The fourth-order valence-electron chi connectivity index (χ4n) is 3.40. The van der Waals surface area contributed by atoms with Crippen LogP contribution in [0.25, 0.3) is 21.9 Å². The fraction of sp³-hybridized carbons (Fsp3) is 0.211. The van der Waals surface area contributed by atoms with Crippen molar-refractivity contribution < 1.29 is 8.42 Å². The minimum atomic E-state index is -3.66. The van der Waals surface area contributed by atoms with Crippen molar-refractivity contribution >= 4 is 32.0 Å². The van der Waals surface area contributed by atoms with Gasteiger partial charge in [-0.1, -0.05) is 18.2 Å². The summed E-state index contributed by atoms with van der Waals surface area (Å²) in [6, 6.07) is 12.6. The molecule has 2 aromatic carbocycles. The maximum Gasteiger partial charge on any atom is 0.328 e. The summed E-state index contributed by atoms with van der Waals surface area (Å²) in [5, 5.41) is 1.09. The average Bonchev–Trinajstić information content (AvgIpc) is 3.17. The zero-order valence-electron chi connectivity index (χ0n) is 15.1. The first kappa shape index (κ1) is 17.6. The van der Waals surface area contributed by atoms with Gasteiger partial charge in [0.1, 0.15) is 0 Å². The van der Waals surface area contributed by atoms with Crippen molar-refractivity contribution in [2.24, 2.45) is 14.1 Å². The molecule has 0 aliphatic carbocycles. The molecule has 0 spiro atoms. The van der Waals surface area contributed by atoms with Gasteiger partial charge in [-0.2, -0.15) is 0 Å². The number of hydrogen-bond donors (Lipinski definition) is 2. The average molecular weight is 384 g/mol. The van der Waals surface area contributed by atoms with Gasteiger partial charge in [-0.3, -0.25) is 9.13 Å². The number of para-hydroxylation sites is 1. The van der Waals surface area contributed by atoms with Crippen molar-refractivity contribution in [2.75, 3.05) is 6.54 Å². The number of fused-ring (bicyclic) bond motifs is 2. The first-order valence-electron chi connectivity index (χ1n) is 8.58. The van der Waals surface area contributed by atoms with Crippen LogP contribution in [0, 0.1) is 0 Å². The molecule has 0 unspecified atom stereocenters. The Morgan fingerprint density at radius 3 is 2.59 bits per heavy atom. The Hall–Kier alpha value is -2.84. The number of rotatable bonds is 5. The summed E-state index contributed by atoms with van der Waals surface area (Å²) in [7, 11) is -0.368. The fourth-order valence-corrected chi connectivity index (χ4v) is 4.45. The molecule has 7 nitrogen and oxygen atoms in total. The van der Waals surface area contributed by atoms with Crippen molar-refractivity contribution in [3.05, 3.63) is 64.7 Å². The topological polar surface area (TPSA) is 88.9 Å². The zero-order chi connectivity index (χ0) is 19.2. The number of sulfonamides is 1. The molecule has 0 radical (unpaired) electrons. The lowest BCUT2D eigenvalue weighted by Gasteiger charge is -2.07. The van der Waals surface area contributed by atoms with Crippen molar-refractivity contribution in [3.8, 4) is 0 Å². The van der Waals surface area contributed by atoms with Crippen molar-refractivity contribution in [1.29, 1.82) is 0 Å². The van der Waals surface area contributed by atoms with E-state index in [1.807, 2.05) is 30.5 Å². The summed E-state index contributed by atoms with van der Waals surface area (Å²) in [6.07, 6.45) is 2.49. The Morgan fingerprint density at radius 2 is 1.78 bits per heavy atom. The van der Waals surface area contributed by atoms with Crippen molar-refractivity contribution in [1.82, 2.24) is 18.8 Å². The van der Waals surface area contributed by atoms with Gasteiger partial charge in [-0.05, 0) is 36.2 Å². The second kappa shape index (κ2) is 6.40. The lowest BCUT2D eigenvalue weighted by molar-refractivity contribution is 0.582. The number of H-pyrrole nitrogens is 1. The number of aromatic amines is 1. The van der Waals surface area contributed by atoms with Crippen LogP contribution in [0.2, 0.25) is 0 Å². The number of hydrogen-bond acceptors (Lipinski definition) is 3. The lowest BCUT2D eigenvalue weighted by Crippen LogP contribution is -2.26. The minimum Gasteiger partial charge on any atom is -0.361 e. The third-order valence-corrected chi connectivity index (χ3v) is 6.37. The van der Waals surface area contributed by atoms with E-state index in [1.54, 1.807) is 20.2 Å². The minimum absolute atomic E-state index is 0.148. The zero-order valence-corrected chi connectivity index (χ0v) is 15.9. The molecule has 0 amide bonds. The molecule has 4 aromatic rings. The van der Waals surface area contributed by atoms with E-state index in [0.717, 1.165) is 16.5 Å². The van der Waals surface area contributed by atoms with Gasteiger partial charge in [-0.25, -0.2) is 17.9 Å². The van der Waals surface area contributed by atoms with Gasteiger partial charge in [-0.15, -0.1) is 0 Å². The van der Waals surface area contributed by atoms with Crippen LogP contribution in [0.5, 0.6) is 0 Å². The third kappa shape index (κ3) is 2.96. The van der Waals surface area contributed by atoms with Gasteiger partial charge in [0.2, 0.25) is 10.0 Å². The predicted molar refractivity (Wildman–Crippen MR) is 105 cm³/mol. The van der Waals surface area contributed by atoms with E-state index in [-0.39, 0.29) is 17.1 Å². The predicted octanol–water partition coefficient (Wildman–Crippen LogP) is 1.88. The second-order valence-electron chi connectivity index (χ2n) is 6.56. The normalized spacial score (nSPS) is 12.2. The molecule has 0 bridgehead atoms. The molecular formula is C19H20N4O3S. The highest BCUT2D eigenvalue weighted by atomic mass is 32.2. The smallest absolute Gasteiger partial charge is 0.328 e. The van der Waals surface area contributed by atoms with Crippen LogP contribution in [-0.4, -0.2) is 29.1 Å². The summed E-state index contributed by atoms with van der Waals surface area (Å²) in [6.45, 7) is 0.288. The van der Waals surface area contributed by atoms with E-state index in [9.17, 15) is 13.2 Å². The van der Waals surface area contributed by atoms with E-state index >= 15 is 0 Å². The summed E-state index contributed by atoms with van der Waals surface area (Å²) in [5.74, 6) is 0. The lowest BCUT2D eigenvalue weighted by atomic mass is 10.1. The molecule has 2 heterocycles. The van der Waals surface area contributed by atoms with Gasteiger partial charge < -0.3 is 4.98 Å². The van der Waals surface area contributed by atoms with Crippen LogP contribution in [0.4, 0.5) is 0 Å². The number of imidazole rings is 1. The van der Waals surface area contributed by atoms with Gasteiger partial charge >= 0.3 is 5.69 Å². The maximum atomic E-state index is 12.7. The van der Waals surface area contributed by atoms with E-state index in [2.05, 4.69) is 9.71 Å². The molecule has 2 aromatic heterocycles. The molecule has 140 valence electrons. The Labute approximate surface area is 156 Å². The Morgan fingerprint density at radius 1 is 1.04 bits per heavy atom. The number of nitrogens with zero attached hydrogens (tertiary/aromatic N) is 2. The Balaban J connectivity index is 1.56. The maximum absolute atomic E-state index is 12.7. The third-order valence-electron chi connectivity index (χ3n) is 4.92. The summed E-state index contributed by atoms with van der Waals surface area (Å²) in [4.78, 5) is 15.4. The van der Waals surface area contributed by atoms with Gasteiger partial charge in [0, 0.05) is 37.7 Å². The molecule has 0 saturated heterocycles. The highest BCUT2D eigenvalue weighted by molar-refractivity contribution is 7.89. The second-order valence-corrected chi connectivity index (χ2v) is 8.33. The molecule has 0 aliphatic rings. The largest absolute Gasteiger partial charge is 0.361 e. The summed E-state index contributed by atoms with van der Waals surface area (Å²) < 4.78 is 30.9. The summed E-state index contributed by atoms with van der Waals surface area (Å²) >= 11 is 0. The first-order chi connectivity index (χ1) is 12.9. The quantitative estimate of drug-likeness (QED) is 0.551. The van der Waals surface area contributed by atoms with Crippen molar-refractivity contribution in [2.45, 2.75) is 11.3 Å². The molecule has 0 aliphatic heterocycles. The molecular weight excluding hydrogens is 364 g/mol. The van der Waals surface area contributed by atoms with E-state index in [4.69, 9.17) is 0 Å². The number of benzene rings is 2. The van der Waals surface area contributed by atoms with Gasteiger partial charge in [0.05, 0.1) is 15.9 Å². The first-order valence-corrected chi connectivity index (χ1v) is 10.1. The monoisotopic (exact) mass is 384 g/mol. The molecule has 0 saturated carbocycles. The van der Waals surface area contributed by atoms with Gasteiger partial charge in [0.25, 0.3) is 0 Å². The van der Waals surface area contributed by atoms with E-state index < -0.39 is 10.0 Å². The summed E-state index contributed by atoms with van der Waals surface area (Å²) in [5.41, 5.74) is 3.19. The number of aryl methyl sites for hydroxylation is 2. The van der Waals surface area contributed by atoms with Crippen LogP contribution < -0.4 is 10.4 Å². The standard InChI is InChI=1S/C19H20N4O3S/c1-22-17-8-7-14(11-18(17)23(2)19(22)24)27(25,26)21-10-9-13-12-20-16-6-4-3-5-15(13)16/h3-8,11-12,20-21H,9-10H2,1-2H3. The number of aromatic nitrogens is 3. The highest BCUT2D eigenvalue weighted by Crippen LogP contribution is 2.19. The SMILES string of the molecule is Cn1c(=O)n(C)c2cc(S(=O)(=O)NCCc3c[nH]c4ccccc34)ccc21. The molecule has 0 atom stereocenters. The Kier molecular flexibility index (Phi) is 4.16. The highest BCUT2D eigenvalue weighted by Gasteiger charge is 2.17. The van der Waals surface area contributed by atoms with Crippen LogP contribution in [0.3, 0.4) is 0 Å². The number of nitrogens with one attached hydrogen (secondary N) is 2. The van der Waals surface area contributed by atoms with Crippen LogP contribution in [0.15, 0.2) is 58.4 Å². The van der Waals surface area contributed by atoms with Crippen LogP contribution in [0.1, 0.15) is 5.56 Å². The van der Waals surface area contributed by atoms with Crippen LogP contribution in [-0.2, 0) is 30.5 Å². The molecule has 2 N–H and O–H groups in total. The molecule has 4 rings (SSSR count). The van der Waals surface area contributed by atoms with Gasteiger partial charge in [0.15, 0.2) is 0 Å². The molecule has 0 fully saturated rings. The van der Waals surface area contributed by atoms with E-state index in [1.165, 1.54) is 21.3 Å².